The number of carbonyl (C=O) groups is 3. The second kappa shape index (κ2) is 9.33. The van der Waals surface area contributed by atoms with Crippen molar-refractivity contribution in [2.75, 3.05) is 25.0 Å². The van der Waals surface area contributed by atoms with Gasteiger partial charge in [0.15, 0.2) is 0 Å². The summed E-state index contributed by atoms with van der Waals surface area (Å²) in [5, 5.41) is 2.93. The Balaban J connectivity index is 1.44. The molecular formula is C25H29N3O3. The first kappa shape index (κ1) is 21.1. The van der Waals surface area contributed by atoms with E-state index in [1.807, 2.05) is 54.3 Å². The van der Waals surface area contributed by atoms with Gasteiger partial charge in [-0.05, 0) is 43.9 Å². The molecule has 2 saturated heterocycles. The van der Waals surface area contributed by atoms with Gasteiger partial charge in [-0.15, -0.1) is 0 Å². The number of nitrogens with one attached hydrogen (secondary N) is 1. The SMILES string of the molecule is CC(c1ccccc1)N1CC(C(=O)Nc2ccccc2C(=O)N2CCCCC2)CC1=O. The third-order valence-corrected chi connectivity index (χ3v) is 6.34. The van der Waals surface area contributed by atoms with Gasteiger partial charge in [0.2, 0.25) is 11.8 Å². The number of likely N-dealkylation sites (tertiary alicyclic amines) is 2. The van der Waals surface area contributed by atoms with Gasteiger partial charge in [0.05, 0.1) is 23.2 Å². The van der Waals surface area contributed by atoms with E-state index in [0.29, 0.717) is 17.8 Å². The molecule has 2 aliphatic rings. The topological polar surface area (TPSA) is 69.7 Å². The second-order valence-corrected chi connectivity index (χ2v) is 8.42. The largest absolute Gasteiger partial charge is 0.339 e. The van der Waals surface area contributed by atoms with Gasteiger partial charge in [-0.25, -0.2) is 0 Å². The predicted molar refractivity (Wildman–Crippen MR) is 120 cm³/mol. The van der Waals surface area contributed by atoms with Gasteiger partial charge in [0.25, 0.3) is 5.91 Å². The average molecular weight is 420 g/mol. The maximum absolute atomic E-state index is 13.0. The van der Waals surface area contributed by atoms with E-state index in [1.54, 1.807) is 17.0 Å². The highest BCUT2D eigenvalue weighted by atomic mass is 16.2. The van der Waals surface area contributed by atoms with Crippen LogP contribution in [-0.2, 0) is 9.59 Å². The Morgan fingerprint density at radius 3 is 2.39 bits per heavy atom. The minimum absolute atomic E-state index is 0.0193. The van der Waals surface area contributed by atoms with Crippen LogP contribution in [0.25, 0.3) is 0 Å². The molecule has 1 N–H and O–H groups in total. The van der Waals surface area contributed by atoms with E-state index in [2.05, 4.69) is 5.32 Å². The van der Waals surface area contributed by atoms with Crippen molar-refractivity contribution >= 4 is 23.4 Å². The molecule has 0 aliphatic carbocycles. The van der Waals surface area contributed by atoms with E-state index >= 15 is 0 Å². The maximum Gasteiger partial charge on any atom is 0.255 e. The summed E-state index contributed by atoms with van der Waals surface area (Å²) in [4.78, 5) is 42.2. The fourth-order valence-corrected chi connectivity index (χ4v) is 4.47. The van der Waals surface area contributed by atoms with Crippen LogP contribution in [0.5, 0.6) is 0 Å². The van der Waals surface area contributed by atoms with Gasteiger partial charge < -0.3 is 15.1 Å². The quantitative estimate of drug-likeness (QED) is 0.800. The number of anilines is 1. The summed E-state index contributed by atoms with van der Waals surface area (Å²) in [6.07, 6.45) is 3.36. The van der Waals surface area contributed by atoms with E-state index in [0.717, 1.165) is 37.9 Å². The van der Waals surface area contributed by atoms with Crippen molar-refractivity contribution in [3.63, 3.8) is 0 Å². The summed E-state index contributed by atoms with van der Waals surface area (Å²) in [5.74, 6) is -0.710. The summed E-state index contributed by atoms with van der Waals surface area (Å²) < 4.78 is 0. The highest BCUT2D eigenvalue weighted by Gasteiger charge is 2.37. The fraction of sp³-hybridized carbons (Fsp3) is 0.400. The molecule has 2 unspecified atom stereocenters. The molecule has 3 amide bonds. The molecule has 0 spiro atoms. The van der Waals surface area contributed by atoms with Gasteiger partial charge in [-0.2, -0.15) is 0 Å². The molecule has 0 aromatic heterocycles. The van der Waals surface area contributed by atoms with E-state index < -0.39 is 5.92 Å². The van der Waals surface area contributed by atoms with E-state index in [1.165, 1.54) is 0 Å². The Labute approximate surface area is 183 Å². The third-order valence-electron chi connectivity index (χ3n) is 6.34. The van der Waals surface area contributed by atoms with Gasteiger partial charge in [-0.3, -0.25) is 14.4 Å². The fourth-order valence-electron chi connectivity index (χ4n) is 4.47. The molecule has 6 heteroatoms. The van der Waals surface area contributed by atoms with Crippen LogP contribution in [0.15, 0.2) is 54.6 Å². The normalized spacial score (nSPS) is 19.9. The zero-order valence-electron chi connectivity index (χ0n) is 17.9. The van der Waals surface area contributed by atoms with Crippen molar-refractivity contribution in [2.24, 2.45) is 5.92 Å². The van der Waals surface area contributed by atoms with Crippen LogP contribution < -0.4 is 5.32 Å². The Morgan fingerprint density at radius 1 is 0.968 bits per heavy atom. The second-order valence-electron chi connectivity index (χ2n) is 8.42. The lowest BCUT2D eigenvalue weighted by atomic mass is 10.1. The Hall–Kier alpha value is -3.15. The third kappa shape index (κ3) is 4.63. The molecule has 2 heterocycles. The summed E-state index contributed by atoms with van der Waals surface area (Å²) >= 11 is 0. The number of para-hydroxylation sites is 1. The number of carbonyl (C=O) groups excluding carboxylic acids is 3. The standard InChI is InChI=1S/C25H29N3O3/c1-18(19-10-4-2-5-11-19)28-17-20(16-23(28)29)24(30)26-22-13-7-6-12-21(22)25(31)27-14-8-3-9-15-27/h2,4-7,10-13,18,20H,3,8-9,14-17H2,1H3,(H,26,30). The van der Waals surface area contributed by atoms with Crippen LogP contribution in [-0.4, -0.2) is 47.2 Å². The molecule has 31 heavy (non-hydrogen) atoms. The average Bonchev–Trinajstić information content (AvgIpc) is 3.21. The Morgan fingerprint density at radius 2 is 1.65 bits per heavy atom. The monoisotopic (exact) mass is 419 g/mol. The first-order valence-corrected chi connectivity index (χ1v) is 11.1. The number of rotatable bonds is 5. The molecule has 2 aliphatic heterocycles. The highest BCUT2D eigenvalue weighted by Crippen LogP contribution is 2.29. The van der Waals surface area contributed by atoms with E-state index in [4.69, 9.17) is 0 Å². The van der Waals surface area contributed by atoms with Crippen LogP contribution in [0, 0.1) is 5.92 Å². The zero-order chi connectivity index (χ0) is 21.8. The number of benzene rings is 2. The van der Waals surface area contributed by atoms with Gasteiger partial charge in [-0.1, -0.05) is 42.5 Å². The molecule has 2 fully saturated rings. The molecule has 2 aromatic rings. The summed E-state index contributed by atoms with van der Waals surface area (Å²) in [7, 11) is 0. The van der Waals surface area contributed by atoms with Crippen molar-refractivity contribution in [2.45, 2.75) is 38.6 Å². The zero-order valence-corrected chi connectivity index (χ0v) is 17.9. The van der Waals surface area contributed by atoms with Crippen LogP contribution in [0.4, 0.5) is 5.69 Å². The summed E-state index contributed by atoms with van der Waals surface area (Å²) in [6.45, 7) is 3.87. The van der Waals surface area contributed by atoms with E-state index in [9.17, 15) is 14.4 Å². The number of piperidine rings is 1. The van der Waals surface area contributed by atoms with Crippen molar-refractivity contribution in [3.05, 3.63) is 65.7 Å². The number of nitrogens with zero attached hydrogens (tertiary/aromatic N) is 2. The molecule has 0 radical (unpaired) electrons. The highest BCUT2D eigenvalue weighted by molar-refractivity contribution is 6.05. The molecule has 162 valence electrons. The molecule has 2 atom stereocenters. The van der Waals surface area contributed by atoms with Gasteiger partial charge in [0.1, 0.15) is 0 Å². The number of amides is 3. The van der Waals surface area contributed by atoms with Crippen molar-refractivity contribution < 1.29 is 14.4 Å². The molecule has 6 nitrogen and oxygen atoms in total. The smallest absolute Gasteiger partial charge is 0.255 e. The van der Waals surface area contributed by atoms with Crippen molar-refractivity contribution in [1.29, 1.82) is 0 Å². The number of hydrogen-bond acceptors (Lipinski definition) is 3. The minimum Gasteiger partial charge on any atom is -0.339 e. The molecule has 0 bridgehead atoms. The summed E-state index contributed by atoms with van der Waals surface area (Å²) in [6, 6.07) is 16.9. The first-order chi connectivity index (χ1) is 15.0. The van der Waals surface area contributed by atoms with Crippen LogP contribution in [0.2, 0.25) is 0 Å². The Bertz CT molecular complexity index is 953. The Kier molecular flexibility index (Phi) is 6.35. The van der Waals surface area contributed by atoms with Crippen LogP contribution >= 0.6 is 0 Å². The lowest BCUT2D eigenvalue weighted by Crippen LogP contribution is -2.36. The lowest BCUT2D eigenvalue weighted by Gasteiger charge is -2.27. The molecule has 4 rings (SSSR count). The van der Waals surface area contributed by atoms with Crippen LogP contribution in [0.1, 0.15) is 54.6 Å². The predicted octanol–water partition coefficient (Wildman–Crippen LogP) is 3.86. The molecular weight excluding hydrogens is 390 g/mol. The maximum atomic E-state index is 13.0. The number of hydrogen-bond donors (Lipinski definition) is 1. The molecule has 2 aromatic carbocycles. The minimum atomic E-state index is -0.434. The van der Waals surface area contributed by atoms with E-state index in [-0.39, 0.29) is 30.2 Å². The molecule has 0 saturated carbocycles. The van der Waals surface area contributed by atoms with Crippen LogP contribution in [0.3, 0.4) is 0 Å². The summed E-state index contributed by atoms with van der Waals surface area (Å²) in [5.41, 5.74) is 2.08. The van der Waals surface area contributed by atoms with Crippen molar-refractivity contribution in [3.8, 4) is 0 Å². The van der Waals surface area contributed by atoms with Gasteiger partial charge >= 0.3 is 0 Å². The lowest BCUT2D eigenvalue weighted by molar-refractivity contribution is -0.129. The van der Waals surface area contributed by atoms with Gasteiger partial charge in [0, 0.05) is 26.1 Å². The first-order valence-electron chi connectivity index (χ1n) is 11.1. The van der Waals surface area contributed by atoms with Crippen molar-refractivity contribution in [1.82, 2.24) is 9.80 Å².